The van der Waals surface area contributed by atoms with Gasteiger partial charge < -0.3 is 9.84 Å². The molecule has 0 aliphatic rings. The second-order valence-electron chi connectivity index (χ2n) is 4.84. The maximum Gasteiger partial charge on any atom is 0.311 e. The predicted octanol–water partition coefficient (Wildman–Crippen LogP) is -0.0668. The normalized spacial score (nSPS) is 11.3. The van der Waals surface area contributed by atoms with E-state index in [1.165, 1.54) is 0 Å². The van der Waals surface area contributed by atoms with Crippen LogP contribution in [0.5, 0.6) is 0 Å². The van der Waals surface area contributed by atoms with Gasteiger partial charge in [0.1, 0.15) is 0 Å². The number of hydrogen-bond acceptors (Lipinski definition) is 7. The molecule has 0 aromatic carbocycles. The molecular formula is C11H18N4O3. The molecule has 0 bridgehead atoms. The van der Waals surface area contributed by atoms with E-state index in [1.807, 2.05) is 0 Å². The number of aromatic nitrogens is 4. The lowest BCUT2D eigenvalue weighted by Crippen LogP contribution is -2.24. The third-order valence-electron chi connectivity index (χ3n) is 2.07. The maximum absolute atomic E-state index is 11.5. The quantitative estimate of drug-likeness (QED) is 0.734. The Bertz CT molecular complexity index is 386. The van der Waals surface area contributed by atoms with Crippen molar-refractivity contribution in [2.24, 2.45) is 5.41 Å². The molecule has 0 atom stereocenters. The number of rotatable bonds is 5. The van der Waals surface area contributed by atoms with Gasteiger partial charge in [-0.3, -0.25) is 4.79 Å². The van der Waals surface area contributed by atoms with Crippen LogP contribution in [0.15, 0.2) is 0 Å². The third-order valence-corrected chi connectivity index (χ3v) is 2.07. The number of esters is 1. The lowest BCUT2D eigenvalue weighted by molar-refractivity contribution is -0.152. The number of carbonyl (C=O) groups is 1. The van der Waals surface area contributed by atoms with Crippen molar-refractivity contribution in [2.45, 2.75) is 33.6 Å². The van der Waals surface area contributed by atoms with Gasteiger partial charge in [-0.2, -0.15) is 0 Å². The molecule has 0 spiro atoms. The molecule has 0 saturated carbocycles. The molecule has 1 N–H and O–H groups in total. The molecule has 100 valence electrons. The third kappa shape index (κ3) is 4.70. The zero-order chi connectivity index (χ0) is 13.6. The van der Waals surface area contributed by atoms with Crippen molar-refractivity contribution in [1.82, 2.24) is 20.4 Å². The summed E-state index contributed by atoms with van der Waals surface area (Å²) in [6.07, 6.45) is 0.709. The minimum atomic E-state index is -0.512. The highest BCUT2D eigenvalue weighted by atomic mass is 16.5. The second-order valence-corrected chi connectivity index (χ2v) is 4.84. The molecular weight excluding hydrogens is 236 g/mol. The molecule has 0 unspecified atom stereocenters. The number of ether oxygens (including phenoxy) is 1. The van der Waals surface area contributed by atoms with Gasteiger partial charge in [-0.1, -0.05) is 0 Å². The van der Waals surface area contributed by atoms with Crippen LogP contribution in [0.25, 0.3) is 0 Å². The fourth-order valence-electron chi connectivity index (χ4n) is 1.02. The first-order valence-corrected chi connectivity index (χ1v) is 5.76. The molecule has 18 heavy (non-hydrogen) atoms. The Labute approximate surface area is 106 Å². The molecule has 0 aliphatic heterocycles. The zero-order valence-electron chi connectivity index (χ0n) is 10.9. The van der Waals surface area contributed by atoms with Crippen LogP contribution in [-0.2, 0) is 22.4 Å². The smallest absolute Gasteiger partial charge is 0.311 e. The minimum Gasteiger partial charge on any atom is -0.465 e. The van der Waals surface area contributed by atoms with Gasteiger partial charge in [0.15, 0.2) is 11.6 Å². The predicted molar refractivity (Wildman–Crippen MR) is 62.5 cm³/mol. The Balaban J connectivity index is 2.38. The van der Waals surface area contributed by atoms with Crippen molar-refractivity contribution in [3.05, 3.63) is 11.6 Å². The van der Waals surface area contributed by atoms with Crippen molar-refractivity contribution in [3.8, 4) is 0 Å². The van der Waals surface area contributed by atoms with Crippen molar-refractivity contribution < 1.29 is 14.6 Å². The summed E-state index contributed by atoms with van der Waals surface area (Å²) >= 11 is 0. The van der Waals surface area contributed by atoms with Crippen LogP contribution >= 0.6 is 0 Å². The van der Waals surface area contributed by atoms with E-state index in [1.54, 1.807) is 20.8 Å². The highest BCUT2D eigenvalue weighted by Crippen LogP contribution is 2.14. The molecule has 0 fully saturated rings. The highest BCUT2D eigenvalue weighted by Gasteiger charge is 2.22. The van der Waals surface area contributed by atoms with Crippen LogP contribution < -0.4 is 0 Å². The average molecular weight is 254 g/mol. The first-order chi connectivity index (χ1) is 8.43. The zero-order valence-corrected chi connectivity index (χ0v) is 10.9. The lowest BCUT2D eigenvalue weighted by atomic mass is 9.97. The Morgan fingerprint density at radius 3 is 2.06 bits per heavy atom. The molecule has 1 heterocycles. The molecule has 0 amide bonds. The van der Waals surface area contributed by atoms with Crippen molar-refractivity contribution in [2.75, 3.05) is 13.2 Å². The van der Waals surface area contributed by atoms with Gasteiger partial charge in [0.05, 0.1) is 18.6 Å². The van der Waals surface area contributed by atoms with Gasteiger partial charge in [0.2, 0.25) is 0 Å². The van der Waals surface area contributed by atoms with Crippen LogP contribution in [0.2, 0.25) is 0 Å². The number of aliphatic hydroxyl groups excluding tert-OH is 1. The number of aliphatic hydroxyl groups is 1. The Kier molecular flexibility index (Phi) is 5.08. The van der Waals surface area contributed by atoms with E-state index < -0.39 is 5.41 Å². The highest BCUT2D eigenvalue weighted by molar-refractivity contribution is 5.75. The minimum absolute atomic E-state index is 0.0358. The van der Waals surface area contributed by atoms with Gasteiger partial charge in [0.25, 0.3) is 0 Å². The van der Waals surface area contributed by atoms with Crippen molar-refractivity contribution in [3.63, 3.8) is 0 Å². The summed E-state index contributed by atoms with van der Waals surface area (Å²) in [7, 11) is 0. The number of carbonyl (C=O) groups excluding carboxylic acids is 1. The summed E-state index contributed by atoms with van der Waals surface area (Å²) < 4.78 is 5.07. The molecule has 0 radical (unpaired) electrons. The topological polar surface area (TPSA) is 98.1 Å². The lowest BCUT2D eigenvalue weighted by Gasteiger charge is -2.15. The molecule has 7 heteroatoms. The van der Waals surface area contributed by atoms with Crippen LogP contribution in [0.3, 0.4) is 0 Å². The molecule has 0 saturated heterocycles. The molecule has 0 aliphatic carbocycles. The number of nitrogens with zero attached hydrogens (tertiary/aromatic N) is 4. The fourth-order valence-corrected chi connectivity index (χ4v) is 1.02. The Morgan fingerprint density at radius 1 is 1.11 bits per heavy atom. The fraction of sp³-hybridized carbons (Fsp3) is 0.727. The summed E-state index contributed by atoms with van der Waals surface area (Å²) in [6, 6.07) is 0. The van der Waals surface area contributed by atoms with Gasteiger partial charge in [-0.15, -0.1) is 20.4 Å². The van der Waals surface area contributed by atoms with E-state index in [4.69, 9.17) is 9.84 Å². The van der Waals surface area contributed by atoms with E-state index >= 15 is 0 Å². The van der Waals surface area contributed by atoms with Gasteiger partial charge in [0, 0.05) is 12.8 Å². The average Bonchev–Trinajstić information content (AvgIpc) is 2.30. The standard InChI is InChI=1S/C11H18N4O3/c1-11(2,3)10(17)18-7-5-9-14-12-8(4-6-16)13-15-9/h16H,4-7H2,1-3H3. The van der Waals surface area contributed by atoms with E-state index in [2.05, 4.69) is 20.4 Å². The van der Waals surface area contributed by atoms with E-state index in [-0.39, 0.29) is 19.2 Å². The van der Waals surface area contributed by atoms with E-state index in [9.17, 15) is 4.79 Å². The molecule has 7 nitrogen and oxygen atoms in total. The second kappa shape index (κ2) is 6.34. The molecule has 1 aromatic rings. The first-order valence-electron chi connectivity index (χ1n) is 5.76. The van der Waals surface area contributed by atoms with Gasteiger partial charge in [-0.25, -0.2) is 0 Å². The molecule has 1 rings (SSSR count). The first kappa shape index (κ1) is 14.4. The maximum atomic E-state index is 11.5. The SMILES string of the molecule is CC(C)(C)C(=O)OCCc1nnc(CCO)nn1. The van der Waals surface area contributed by atoms with Crippen LogP contribution in [0.1, 0.15) is 32.4 Å². The summed E-state index contributed by atoms with van der Waals surface area (Å²) in [6.45, 7) is 5.54. The largest absolute Gasteiger partial charge is 0.465 e. The van der Waals surface area contributed by atoms with Gasteiger partial charge >= 0.3 is 5.97 Å². The molecule has 1 aromatic heterocycles. The summed E-state index contributed by atoms with van der Waals surface area (Å²) in [5, 5.41) is 23.9. The van der Waals surface area contributed by atoms with Crippen LogP contribution in [-0.4, -0.2) is 44.7 Å². The Morgan fingerprint density at radius 2 is 1.61 bits per heavy atom. The van der Waals surface area contributed by atoms with E-state index in [0.29, 0.717) is 24.5 Å². The van der Waals surface area contributed by atoms with Crippen molar-refractivity contribution in [1.29, 1.82) is 0 Å². The number of hydrogen-bond donors (Lipinski definition) is 1. The van der Waals surface area contributed by atoms with E-state index in [0.717, 1.165) is 0 Å². The Hall–Kier alpha value is -1.63. The van der Waals surface area contributed by atoms with Crippen molar-refractivity contribution >= 4 is 5.97 Å². The summed E-state index contributed by atoms with van der Waals surface area (Å²) in [4.78, 5) is 11.5. The van der Waals surface area contributed by atoms with Crippen LogP contribution in [0.4, 0.5) is 0 Å². The summed E-state index contributed by atoms with van der Waals surface area (Å²) in [5.74, 6) is 0.548. The van der Waals surface area contributed by atoms with Crippen LogP contribution in [0, 0.1) is 5.41 Å². The van der Waals surface area contributed by atoms with Gasteiger partial charge in [-0.05, 0) is 20.8 Å². The summed E-state index contributed by atoms with van der Waals surface area (Å²) in [5.41, 5.74) is -0.512. The monoisotopic (exact) mass is 254 g/mol.